The van der Waals surface area contributed by atoms with Crippen LogP contribution >= 0.6 is 0 Å². The van der Waals surface area contributed by atoms with Crippen molar-refractivity contribution in [2.24, 2.45) is 0 Å². The number of carbonyl (C=O) groups excluding carboxylic acids is 2. The van der Waals surface area contributed by atoms with Crippen LogP contribution in [0.15, 0.2) is 24.3 Å². The van der Waals surface area contributed by atoms with Crippen LogP contribution in [0, 0.1) is 0 Å². The Morgan fingerprint density at radius 3 is 2.24 bits per heavy atom. The molecular weight excluding hydrogens is 218 g/mol. The van der Waals surface area contributed by atoms with Gasteiger partial charge in [-0.15, -0.1) is 0 Å². The van der Waals surface area contributed by atoms with E-state index < -0.39 is 0 Å². The molecule has 4 nitrogen and oxygen atoms in total. The van der Waals surface area contributed by atoms with Crippen LogP contribution < -0.4 is 4.74 Å². The molecule has 0 heterocycles. The highest BCUT2D eigenvalue weighted by Crippen LogP contribution is 2.13. The predicted octanol–water partition coefficient (Wildman–Crippen LogP) is 1.75. The highest BCUT2D eigenvalue weighted by Gasteiger charge is 2.06. The van der Waals surface area contributed by atoms with Gasteiger partial charge in [0.25, 0.3) is 5.91 Å². The van der Waals surface area contributed by atoms with E-state index in [9.17, 15) is 9.59 Å². The van der Waals surface area contributed by atoms with Crippen LogP contribution in [0.1, 0.15) is 23.7 Å². The molecule has 0 saturated heterocycles. The first-order chi connectivity index (χ1) is 8.04. The number of hydrogen-bond acceptors (Lipinski definition) is 3. The standard InChI is InChI=1S/C13H17NO3/c1-4-12(15)10-5-7-11(8-6-10)17-9-13(16)14(2)3/h5-8H,4,9H2,1-3H3. The molecule has 0 aliphatic carbocycles. The van der Waals surface area contributed by atoms with E-state index in [2.05, 4.69) is 0 Å². The summed E-state index contributed by atoms with van der Waals surface area (Å²) in [6, 6.07) is 6.82. The van der Waals surface area contributed by atoms with Gasteiger partial charge in [0.2, 0.25) is 0 Å². The van der Waals surface area contributed by atoms with Crippen molar-refractivity contribution >= 4 is 11.7 Å². The van der Waals surface area contributed by atoms with Gasteiger partial charge < -0.3 is 9.64 Å². The second kappa shape index (κ2) is 6.03. The number of hydrogen-bond donors (Lipinski definition) is 0. The van der Waals surface area contributed by atoms with Crippen molar-refractivity contribution in [1.82, 2.24) is 4.90 Å². The zero-order chi connectivity index (χ0) is 12.8. The number of ketones is 1. The Kier molecular flexibility index (Phi) is 4.69. The van der Waals surface area contributed by atoms with Gasteiger partial charge in [0.1, 0.15) is 5.75 Å². The van der Waals surface area contributed by atoms with Gasteiger partial charge in [-0.2, -0.15) is 0 Å². The molecule has 0 fully saturated rings. The summed E-state index contributed by atoms with van der Waals surface area (Å²) in [5.74, 6) is 0.590. The van der Waals surface area contributed by atoms with Crippen LogP contribution in [-0.2, 0) is 4.79 Å². The van der Waals surface area contributed by atoms with E-state index in [4.69, 9.17) is 4.74 Å². The number of rotatable bonds is 5. The van der Waals surface area contributed by atoms with Crippen LogP contribution in [0.5, 0.6) is 5.75 Å². The maximum absolute atomic E-state index is 11.4. The molecule has 0 spiro atoms. The lowest BCUT2D eigenvalue weighted by Gasteiger charge is -2.11. The molecule has 0 saturated carbocycles. The molecule has 17 heavy (non-hydrogen) atoms. The Balaban J connectivity index is 2.57. The molecule has 1 aromatic carbocycles. The number of amides is 1. The third kappa shape index (κ3) is 3.90. The Hall–Kier alpha value is -1.84. The first-order valence-electron chi connectivity index (χ1n) is 5.50. The molecule has 1 rings (SSSR count). The average Bonchev–Trinajstić information content (AvgIpc) is 2.35. The molecule has 0 bridgehead atoms. The fraction of sp³-hybridized carbons (Fsp3) is 0.385. The molecular formula is C13H17NO3. The van der Waals surface area contributed by atoms with Crippen molar-refractivity contribution < 1.29 is 14.3 Å². The molecule has 1 aromatic rings. The van der Waals surface area contributed by atoms with Gasteiger partial charge in [-0.05, 0) is 24.3 Å². The predicted molar refractivity (Wildman–Crippen MR) is 65.3 cm³/mol. The molecule has 0 N–H and O–H groups in total. The van der Waals surface area contributed by atoms with E-state index in [-0.39, 0.29) is 18.3 Å². The highest BCUT2D eigenvalue weighted by molar-refractivity contribution is 5.95. The van der Waals surface area contributed by atoms with E-state index in [0.717, 1.165) is 0 Å². The minimum absolute atomic E-state index is 0.00801. The third-order valence-electron chi connectivity index (χ3n) is 2.36. The van der Waals surface area contributed by atoms with Crippen LogP contribution in [-0.4, -0.2) is 37.3 Å². The zero-order valence-electron chi connectivity index (χ0n) is 10.4. The molecule has 0 aliphatic heterocycles. The van der Waals surface area contributed by atoms with Crippen molar-refractivity contribution in [1.29, 1.82) is 0 Å². The van der Waals surface area contributed by atoms with Gasteiger partial charge in [0.05, 0.1) is 0 Å². The van der Waals surface area contributed by atoms with Crippen molar-refractivity contribution in [3.8, 4) is 5.75 Å². The van der Waals surface area contributed by atoms with Gasteiger partial charge in [-0.25, -0.2) is 0 Å². The Morgan fingerprint density at radius 1 is 1.18 bits per heavy atom. The number of benzene rings is 1. The van der Waals surface area contributed by atoms with Crippen molar-refractivity contribution in [3.63, 3.8) is 0 Å². The van der Waals surface area contributed by atoms with E-state index in [1.165, 1.54) is 4.90 Å². The second-order valence-corrected chi connectivity index (χ2v) is 3.88. The van der Waals surface area contributed by atoms with Crippen LogP contribution in [0.4, 0.5) is 0 Å². The summed E-state index contributed by atoms with van der Waals surface area (Å²) in [7, 11) is 3.35. The summed E-state index contributed by atoms with van der Waals surface area (Å²) in [4.78, 5) is 24.1. The first kappa shape index (κ1) is 13.2. The summed E-state index contributed by atoms with van der Waals surface area (Å²) in [6.07, 6.45) is 0.485. The zero-order valence-corrected chi connectivity index (χ0v) is 10.4. The van der Waals surface area contributed by atoms with Gasteiger partial charge in [-0.1, -0.05) is 6.92 Å². The lowest BCUT2D eigenvalue weighted by Crippen LogP contribution is -2.27. The maximum Gasteiger partial charge on any atom is 0.259 e. The van der Waals surface area contributed by atoms with E-state index in [0.29, 0.717) is 17.7 Å². The molecule has 4 heteroatoms. The molecule has 0 atom stereocenters. The summed E-state index contributed by atoms with van der Waals surface area (Å²) in [6.45, 7) is 1.83. The second-order valence-electron chi connectivity index (χ2n) is 3.88. The van der Waals surface area contributed by atoms with Crippen LogP contribution in [0.25, 0.3) is 0 Å². The van der Waals surface area contributed by atoms with Crippen molar-refractivity contribution in [3.05, 3.63) is 29.8 Å². The number of Topliss-reactive ketones (excluding diaryl/α,β-unsaturated/α-hetero) is 1. The molecule has 0 aromatic heterocycles. The molecule has 1 amide bonds. The molecule has 92 valence electrons. The molecule has 0 radical (unpaired) electrons. The maximum atomic E-state index is 11.4. The van der Waals surface area contributed by atoms with Crippen molar-refractivity contribution in [2.45, 2.75) is 13.3 Å². The summed E-state index contributed by atoms with van der Waals surface area (Å²) >= 11 is 0. The van der Waals surface area contributed by atoms with Crippen molar-refractivity contribution in [2.75, 3.05) is 20.7 Å². The third-order valence-corrected chi connectivity index (χ3v) is 2.36. The normalized spacial score (nSPS) is 9.82. The Bertz CT molecular complexity index is 396. The number of ether oxygens (including phenoxy) is 1. The smallest absolute Gasteiger partial charge is 0.259 e. The van der Waals surface area contributed by atoms with E-state index in [1.807, 2.05) is 6.92 Å². The highest BCUT2D eigenvalue weighted by atomic mass is 16.5. The summed E-state index contributed by atoms with van der Waals surface area (Å²) in [5.41, 5.74) is 0.666. The topological polar surface area (TPSA) is 46.6 Å². The number of carbonyl (C=O) groups is 2. The number of likely N-dealkylation sites (N-methyl/N-ethyl adjacent to an activating group) is 1. The average molecular weight is 235 g/mol. The monoisotopic (exact) mass is 235 g/mol. The lowest BCUT2D eigenvalue weighted by atomic mass is 10.1. The van der Waals surface area contributed by atoms with E-state index in [1.54, 1.807) is 38.4 Å². The van der Waals surface area contributed by atoms with Crippen LogP contribution in [0.2, 0.25) is 0 Å². The summed E-state index contributed by atoms with van der Waals surface area (Å²) < 4.78 is 5.29. The van der Waals surface area contributed by atoms with Gasteiger partial charge in [0.15, 0.2) is 12.4 Å². The minimum atomic E-state index is -0.0984. The minimum Gasteiger partial charge on any atom is -0.484 e. The molecule has 0 unspecified atom stereocenters. The van der Waals surface area contributed by atoms with Gasteiger partial charge >= 0.3 is 0 Å². The first-order valence-corrected chi connectivity index (χ1v) is 5.50. The number of nitrogens with zero attached hydrogens (tertiary/aromatic N) is 1. The fourth-order valence-electron chi connectivity index (χ4n) is 1.22. The van der Waals surface area contributed by atoms with Gasteiger partial charge in [-0.3, -0.25) is 9.59 Å². The fourth-order valence-corrected chi connectivity index (χ4v) is 1.22. The largest absolute Gasteiger partial charge is 0.484 e. The molecule has 0 aliphatic rings. The summed E-state index contributed by atoms with van der Waals surface area (Å²) in [5, 5.41) is 0. The Labute approximate surface area is 101 Å². The van der Waals surface area contributed by atoms with E-state index >= 15 is 0 Å². The quantitative estimate of drug-likeness (QED) is 0.730. The Morgan fingerprint density at radius 2 is 1.76 bits per heavy atom. The van der Waals surface area contributed by atoms with Crippen LogP contribution in [0.3, 0.4) is 0 Å². The van der Waals surface area contributed by atoms with Gasteiger partial charge in [0, 0.05) is 26.1 Å². The lowest BCUT2D eigenvalue weighted by molar-refractivity contribution is -0.130. The SMILES string of the molecule is CCC(=O)c1ccc(OCC(=O)N(C)C)cc1.